The predicted octanol–water partition coefficient (Wildman–Crippen LogP) is 7.20. The molecule has 0 aromatic rings. The second-order valence-corrected chi connectivity index (χ2v) is 7.74. The summed E-state index contributed by atoms with van der Waals surface area (Å²) in [6.45, 7) is 4.20. The Hall–Kier alpha value is -1.05. The van der Waals surface area contributed by atoms with Crippen LogP contribution in [0, 0.1) is 0 Å². The minimum absolute atomic E-state index is 0.397. The van der Waals surface area contributed by atoms with Crippen molar-refractivity contribution in [1.82, 2.24) is 4.90 Å². The van der Waals surface area contributed by atoms with E-state index >= 15 is 0 Å². The van der Waals surface area contributed by atoms with Gasteiger partial charge in [-0.05, 0) is 70.6 Å². The molecule has 1 aliphatic heterocycles. The first-order valence-electron chi connectivity index (χ1n) is 11.4. The maximum absolute atomic E-state index is 12.1. The van der Waals surface area contributed by atoms with E-state index in [0.717, 1.165) is 25.9 Å². The summed E-state index contributed by atoms with van der Waals surface area (Å²) in [6.07, 6.45) is 28.9. The maximum atomic E-state index is 12.1. The molecule has 0 N–H and O–H groups in total. The number of hydrogen-bond donors (Lipinski definition) is 0. The Morgan fingerprint density at radius 2 is 1.19 bits per heavy atom. The average Bonchev–Trinajstić information content (AvgIpc) is 2.68. The lowest BCUT2D eigenvalue weighted by atomic mass is 10.1. The van der Waals surface area contributed by atoms with Crippen LogP contribution in [0.1, 0.15) is 110 Å². The van der Waals surface area contributed by atoms with Crippen LogP contribution in [0.4, 0.5) is 0 Å². The van der Waals surface area contributed by atoms with Gasteiger partial charge in [0.25, 0.3) is 0 Å². The zero-order valence-electron chi connectivity index (χ0n) is 17.4. The third kappa shape index (κ3) is 13.2. The number of piperidine rings is 1. The first-order valence-corrected chi connectivity index (χ1v) is 11.4. The molecule has 1 rings (SSSR count). The van der Waals surface area contributed by atoms with Gasteiger partial charge in [-0.15, -0.1) is 0 Å². The van der Waals surface area contributed by atoms with E-state index in [1.807, 2.05) is 0 Å². The fourth-order valence-corrected chi connectivity index (χ4v) is 3.59. The van der Waals surface area contributed by atoms with Crippen LogP contribution in [0.25, 0.3) is 0 Å². The summed E-state index contributed by atoms with van der Waals surface area (Å²) in [5.74, 6) is 0.397. The molecule has 1 heterocycles. The minimum atomic E-state index is 0.397. The van der Waals surface area contributed by atoms with Crippen molar-refractivity contribution in [3.8, 4) is 0 Å². The molecule has 1 amide bonds. The lowest BCUT2D eigenvalue weighted by Gasteiger charge is -2.26. The lowest BCUT2D eigenvalue weighted by Crippen LogP contribution is -2.35. The number of amides is 1. The van der Waals surface area contributed by atoms with Gasteiger partial charge in [-0.25, -0.2) is 0 Å². The van der Waals surface area contributed by atoms with E-state index in [4.69, 9.17) is 0 Å². The van der Waals surface area contributed by atoms with Crippen molar-refractivity contribution in [3.05, 3.63) is 24.3 Å². The van der Waals surface area contributed by atoms with Gasteiger partial charge in [0.2, 0.25) is 5.91 Å². The van der Waals surface area contributed by atoms with E-state index in [1.54, 1.807) is 0 Å². The molecule has 0 aromatic carbocycles. The average molecular weight is 362 g/mol. The van der Waals surface area contributed by atoms with Gasteiger partial charge >= 0.3 is 0 Å². The molecular weight excluding hydrogens is 318 g/mol. The molecule has 1 aliphatic rings. The molecule has 0 aromatic heterocycles. The number of hydrogen-bond acceptors (Lipinski definition) is 1. The van der Waals surface area contributed by atoms with Crippen LogP contribution in [0.3, 0.4) is 0 Å². The van der Waals surface area contributed by atoms with Crippen LogP contribution in [-0.2, 0) is 4.79 Å². The highest BCUT2D eigenvalue weighted by Gasteiger charge is 2.15. The van der Waals surface area contributed by atoms with Crippen LogP contribution in [0.5, 0.6) is 0 Å². The lowest BCUT2D eigenvalue weighted by molar-refractivity contribution is -0.132. The predicted molar refractivity (Wildman–Crippen MR) is 114 cm³/mol. The second kappa shape index (κ2) is 17.4. The van der Waals surface area contributed by atoms with Crippen molar-refractivity contribution in [1.29, 1.82) is 0 Å². The molecule has 0 atom stereocenters. The van der Waals surface area contributed by atoms with Gasteiger partial charge in [-0.1, -0.05) is 56.9 Å². The minimum Gasteiger partial charge on any atom is -0.343 e. The number of likely N-dealkylation sites (tertiary alicyclic amines) is 1. The molecule has 1 saturated heterocycles. The number of carbonyl (C=O) groups is 1. The summed E-state index contributed by atoms with van der Waals surface area (Å²) in [5.41, 5.74) is 0. The molecule has 150 valence electrons. The molecule has 0 spiro atoms. The monoisotopic (exact) mass is 361 g/mol. The fraction of sp³-hybridized carbons (Fsp3) is 0.792. The largest absolute Gasteiger partial charge is 0.343 e. The molecule has 0 radical (unpaired) electrons. The van der Waals surface area contributed by atoms with Crippen LogP contribution < -0.4 is 0 Å². The van der Waals surface area contributed by atoms with Gasteiger partial charge in [0.05, 0.1) is 0 Å². The number of allylic oxidation sites excluding steroid dienone is 4. The van der Waals surface area contributed by atoms with Crippen molar-refractivity contribution in [2.24, 2.45) is 0 Å². The van der Waals surface area contributed by atoms with E-state index in [1.165, 1.54) is 89.9 Å². The van der Waals surface area contributed by atoms with Crippen molar-refractivity contribution in [3.63, 3.8) is 0 Å². The second-order valence-electron chi connectivity index (χ2n) is 7.74. The topological polar surface area (TPSA) is 20.3 Å². The summed E-state index contributed by atoms with van der Waals surface area (Å²) in [5, 5.41) is 0. The first-order chi connectivity index (χ1) is 12.8. The summed E-state index contributed by atoms with van der Waals surface area (Å²) < 4.78 is 0. The molecular formula is C24H43NO. The standard InChI is InChI=1S/C24H43NO/c1-2-3-4-5-6-7-8-9-10-11-12-13-14-15-16-18-21-24(26)25-22-19-17-20-23-25/h3-4,10-11H,2,5-9,12-23H2,1H3/b4-3+,11-10+. The molecule has 0 unspecified atom stereocenters. The third-order valence-electron chi connectivity index (χ3n) is 5.28. The summed E-state index contributed by atoms with van der Waals surface area (Å²) in [4.78, 5) is 14.1. The highest BCUT2D eigenvalue weighted by atomic mass is 16.2. The van der Waals surface area contributed by atoms with E-state index in [0.29, 0.717) is 5.91 Å². The van der Waals surface area contributed by atoms with Crippen molar-refractivity contribution in [2.45, 2.75) is 110 Å². The van der Waals surface area contributed by atoms with Gasteiger partial charge in [0.1, 0.15) is 0 Å². The molecule has 2 nitrogen and oxygen atoms in total. The molecule has 26 heavy (non-hydrogen) atoms. The van der Waals surface area contributed by atoms with E-state index < -0.39 is 0 Å². The third-order valence-corrected chi connectivity index (χ3v) is 5.28. The van der Waals surface area contributed by atoms with E-state index in [-0.39, 0.29) is 0 Å². The Balaban J connectivity index is 1.80. The van der Waals surface area contributed by atoms with E-state index in [9.17, 15) is 4.79 Å². The van der Waals surface area contributed by atoms with Crippen molar-refractivity contribution < 1.29 is 4.79 Å². The molecule has 0 bridgehead atoms. The Morgan fingerprint density at radius 3 is 1.81 bits per heavy atom. The molecule has 2 heteroatoms. The number of unbranched alkanes of at least 4 members (excludes halogenated alkanes) is 9. The number of rotatable bonds is 15. The smallest absolute Gasteiger partial charge is 0.222 e. The maximum Gasteiger partial charge on any atom is 0.222 e. The summed E-state index contributed by atoms with van der Waals surface area (Å²) in [6, 6.07) is 0. The normalized spacial score (nSPS) is 15.3. The Morgan fingerprint density at radius 1 is 0.692 bits per heavy atom. The van der Waals surface area contributed by atoms with Crippen molar-refractivity contribution in [2.75, 3.05) is 13.1 Å². The highest BCUT2D eigenvalue weighted by Crippen LogP contribution is 2.13. The highest BCUT2D eigenvalue weighted by molar-refractivity contribution is 5.76. The quantitative estimate of drug-likeness (QED) is 0.223. The Labute approximate surface area is 163 Å². The van der Waals surface area contributed by atoms with Crippen LogP contribution in [0.15, 0.2) is 24.3 Å². The molecule has 0 aliphatic carbocycles. The van der Waals surface area contributed by atoms with Crippen LogP contribution in [-0.4, -0.2) is 23.9 Å². The van der Waals surface area contributed by atoms with Gasteiger partial charge in [-0.3, -0.25) is 4.79 Å². The molecule has 1 fully saturated rings. The van der Waals surface area contributed by atoms with Crippen LogP contribution in [0.2, 0.25) is 0 Å². The number of carbonyl (C=O) groups excluding carboxylic acids is 1. The number of nitrogens with zero attached hydrogens (tertiary/aromatic N) is 1. The first kappa shape index (κ1) is 23.0. The van der Waals surface area contributed by atoms with Gasteiger partial charge in [0, 0.05) is 19.5 Å². The summed E-state index contributed by atoms with van der Waals surface area (Å²) in [7, 11) is 0. The van der Waals surface area contributed by atoms with Gasteiger partial charge in [0.15, 0.2) is 0 Å². The van der Waals surface area contributed by atoms with Gasteiger partial charge < -0.3 is 4.90 Å². The summed E-state index contributed by atoms with van der Waals surface area (Å²) >= 11 is 0. The SMILES string of the molecule is CC/C=C/CCCCC/C=C/CCCCCCCC(=O)N1CCCCC1. The Kier molecular flexibility index (Phi) is 15.4. The van der Waals surface area contributed by atoms with Crippen molar-refractivity contribution >= 4 is 5.91 Å². The zero-order valence-corrected chi connectivity index (χ0v) is 17.4. The van der Waals surface area contributed by atoms with Crippen LogP contribution >= 0.6 is 0 Å². The Bertz CT molecular complexity index is 380. The van der Waals surface area contributed by atoms with E-state index in [2.05, 4.69) is 36.1 Å². The van der Waals surface area contributed by atoms with Gasteiger partial charge in [-0.2, -0.15) is 0 Å². The fourth-order valence-electron chi connectivity index (χ4n) is 3.59. The zero-order chi connectivity index (χ0) is 18.7. The molecule has 0 saturated carbocycles.